The van der Waals surface area contributed by atoms with Crippen molar-refractivity contribution in [3.8, 4) is 0 Å². The number of hydrogen-bond donors (Lipinski definition) is 2. The largest absolute Gasteiger partial charge is 0.360 e. The van der Waals surface area contributed by atoms with E-state index in [0.29, 0.717) is 0 Å². The van der Waals surface area contributed by atoms with Crippen molar-refractivity contribution in [2.24, 2.45) is 0 Å². The minimum absolute atomic E-state index is 0.0638. The lowest BCUT2D eigenvalue weighted by atomic mass is 10.2. The zero-order chi connectivity index (χ0) is 17.8. The number of piperazine rings is 1. The van der Waals surface area contributed by atoms with Gasteiger partial charge in [0.2, 0.25) is 0 Å². The molecular formula is C20H25BrN3O+. The van der Waals surface area contributed by atoms with Crippen molar-refractivity contribution >= 4 is 33.2 Å². The summed E-state index contributed by atoms with van der Waals surface area (Å²) in [6.45, 7) is 7.95. The molecule has 2 aromatic carbocycles. The lowest BCUT2D eigenvalue weighted by Gasteiger charge is -2.36. The number of halogens is 1. The van der Waals surface area contributed by atoms with Gasteiger partial charge in [0.25, 0.3) is 5.91 Å². The normalized spacial score (nSPS) is 16.5. The van der Waals surface area contributed by atoms with Crippen LogP contribution in [0.2, 0.25) is 0 Å². The third kappa shape index (κ3) is 4.41. The van der Waals surface area contributed by atoms with Gasteiger partial charge in [0.15, 0.2) is 6.04 Å². The molecule has 1 aliphatic rings. The summed E-state index contributed by atoms with van der Waals surface area (Å²) in [6.07, 6.45) is 0. The Bertz CT molecular complexity index is 727. The van der Waals surface area contributed by atoms with Gasteiger partial charge in [-0.1, -0.05) is 24.3 Å². The van der Waals surface area contributed by atoms with E-state index in [2.05, 4.69) is 50.4 Å². The van der Waals surface area contributed by atoms with Crippen LogP contribution in [-0.2, 0) is 4.79 Å². The number of nitrogens with zero attached hydrogens (tertiary/aromatic N) is 1. The summed E-state index contributed by atoms with van der Waals surface area (Å²) in [5, 5.41) is 3.06. The Morgan fingerprint density at radius 3 is 2.48 bits per heavy atom. The van der Waals surface area contributed by atoms with Gasteiger partial charge >= 0.3 is 0 Å². The average molecular weight is 403 g/mol. The lowest BCUT2D eigenvalue weighted by molar-refractivity contribution is -0.914. The molecule has 132 valence electrons. The maximum absolute atomic E-state index is 12.6. The molecule has 0 aromatic heterocycles. The molecule has 1 atom stereocenters. The van der Waals surface area contributed by atoms with Crippen LogP contribution in [0.5, 0.6) is 0 Å². The molecule has 5 heteroatoms. The first-order chi connectivity index (χ1) is 12.0. The Morgan fingerprint density at radius 1 is 1.16 bits per heavy atom. The fourth-order valence-electron chi connectivity index (χ4n) is 3.27. The highest BCUT2D eigenvalue weighted by molar-refractivity contribution is 9.10. The summed E-state index contributed by atoms with van der Waals surface area (Å²) >= 11 is 3.53. The van der Waals surface area contributed by atoms with Crippen LogP contribution in [0.15, 0.2) is 53.0 Å². The Balaban J connectivity index is 1.56. The molecule has 0 saturated carbocycles. The van der Waals surface area contributed by atoms with Crippen LogP contribution >= 0.6 is 15.9 Å². The Hall–Kier alpha value is -1.85. The maximum atomic E-state index is 12.6. The van der Waals surface area contributed by atoms with Crippen molar-refractivity contribution in [3.63, 3.8) is 0 Å². The molecule has 1 heterocycles. The smallest absolute Gasteiger partial charge is 0.282 e. The highest BCUT2D eigenvalue weighted by Crippen LogP contribution is 2.23. The molecule has 1 fully saturated rings. The Labute approximate surface area is 158 Å². The first-order valence-corrected chi connectivity index (χ1v) is 9.55. The van der Waals surface area contributed by atoms with E-state index >= 15 is 0 Å². The molecule has 0 radical (unpaired) electrons. The van der Waals surface area contributed by atoms with Gasteiger partial charge in [0.1, 0.15) is 0 Å². The minimum atomic E-state index is -0.0638. The first-order valence-electron chi connectivity index (χ1n) is 8.76. The number of aryl methyl sites for hydroxylation is 1. The van der Waals surface area contributed by atoms with E-state index in [9.17, 15) is 4.79 Å². The summed E-state index contributed by atoms with van der Waals surface area (Å²) in [5.41, 5.74) is 3.27. The van der Waals surface area contributed by atoms with E-state index in [0.717, 1.165) is 36.3 Å². The van der Waals surface area contributed by atoms with E-state index in [4.69, 9.17) is 0 Å². The van der Waals surface area contributed by atoms with E-state index < -0.39 is 0 Å². The van der Waals surface area contributed by atoms with Crippen LogP contribution < -0.4 is 15.1 Å². The molecule has 2 N–H and O–H groups in total. The standard InChI is InChI=1S/C20H24BrN3O/c1-15-8-9-19(18(21)14-15)22-20(25)16(2)23-10-12-24(13-11-23)17-6-4-3-5-7-17/h3-9,14,16H,10-13H2,1-2H3,(H,22,25)/p+1/t16-/m0/s1. The monoisotopic (exact) mass is 402 g/mol. The average Bonchev–Trinajstić information content (AvgIpc) is 2.64. The van der Waals surface area contributed by atoms with Crippen molar-refractivity contribution < 1.29 is 9.69 Å². The topological polar surface area (TPSA) is 36.8 Å². The predicted octanol–water partition coefficient (Wildman–Crippen LogP) is 2.49. The Kier molecular flexibility index (Phi) is 5.76. The van der Waals surface area contributed by atoms with Gasteiger partial charge in [0, 0.05) is 10.2 Å². The van der Waals surface area contributed by atoms with Gasteiger partial charge in [0.05, 0.1) is 31.9 Å². The molecule has 1 amide bonds. The molecule has 0 unspecified atom stereocenters. The number of carbonyl (C=O) groups is 1. The SMILES string of the molecule is Cc1ccc(NC(=O)[C@H](C)[NH+]2CCN(c3ccccc3)CC2)c(Br)c1. The molecule has 2 aromatic rings. The summed E-state index contributed by atoms with van der Waals surface area (Å²) < 4.78 is 0.928. The van der Waals surface area contributed by atoms with E-state index in [1.54, 1.807) is 0 Å². The van der Waals surface area contributed by atoms with Crippen LogP contribution in [0.1, 0.15) is 12.5 Å². The zero-order valence-electron chi connectivity index (χ0n) is 14.8. The zero-order valence-corrected chi connectivity index (χ0v) is 16.3. The van der Waals surface area contributed by atoms with Crippen LogP contribution in [0.3, 0.4) is 0 Å². The fraction of sp³-hybridized carbons (Fsp3) is 0.350. The third-order valence-electron chi connectivity index (χ3n) is 4.92. The van der Waals surface area contributed by atoms with Crippen LogP contribution in [0.25, 0.3) is 0 Å². The highest BCUT2D eigenvalue weighted by atomic mass is 79.9. The number of benzene rings is 2. The number of amides is 1. The van der Waals surface area contributed by atoms with Gasteiger partial charge in [-0.3, -0.25) is 4.79 Å². The van der Waals surface area contributed by atoms with Crippen molar-refractivity contribution in [2.45, 2.75) is 19.9 Å². The molecule has 1 aliphatic heterocycles. The number of nitrogens with one attached hydrogen (secondary N) is 2. The van der Waals surface area contributed by atoms with Gasteiger partial charge in [-0.15, -0.1) is 0 Å². The Morgan fingerprint density at radius 2 is 1.84 bits per heavy atom. The summed E-state index contributed by atoms with van der Waals surface area (Å²) in [6, 6.07) is 16.4. The summed E-state index contributed by atoms with van der Waals surface area (Å²) in [4.78, 5) is 16.4. The van der Waals surface area contributed by atoms with E-state index in [1.165, 1.54) is 16.2 Å². The number of rotatable bonds is 4. The molecule has 3 rings (SSSR count). The molecule has 0 bridgehead atoms. The predicted molar refractivity (Wildman–Crippen MR) is 106 cm³/mol. The number of anilines is 2. The number of para-hydroxylation sites is 1. The van der Waals surface area contributed by atoms with Crippen molar-refractivity contribution in [3.05, 3.63) is 58.6 Å². The quantitative estimate of drug-likeness (QED) is 0.823. The molecule has 25 heavy (non-hydrogen) atoms. The number of hydrogen-bond acceptors (Lipinski definition) is 2. The van der Waals surface area contributed by atoms with Crippen molar-refractivity contribution in [2.75, 3.05) is 36.4 Å². The second-order valence-electron chi connectivity index (χ2n) is 6.68. The minimum Gasteiger partial charge on any atom is -0.360 e. The molecule has 1 saturated heterocycles. The second kappa shape index (κ2) is 8.02. The van der Waals surface area contributed by atoms with E-state index in [1.807, 2.05) is 38.1 Å². The van der Waals surface area contributed by atoms with Crippen LogP contribution in [-0.4, -0.2) is 38.1 Å². The first kappa shape index (κ1) is 18.0. The van der Waals surface area contributed by atoms with E-state index in [-0.39, 0.29) is 11.9 Å². The summed E-state index contributed by atoms with van der Waals surface area (Å²) in [5.74, 6) is 0.0766. The number of quaternary nitrogens is 1. The summed E-state index contributed by atoms with van der Waals surface area (Å²) in [7, 11) is 0. The van der Waals surface area contributed by atoms with Gasteiger partial charge in [-0.25, -0.2) is 0 Å². The maximum Gasteiger partial charge on any atom is 0.282 e. The lowest BCUT2D eigenvalue weighted by Crippen LogP contribution is -3.19. The van der Waals surface area contributed by atoms with Gasteiger partial charge in [-0.2, -0.15) is 0 Å². The molecular weight excluding hydrogens is 378 g/mol. The van der Waals surface area contributed by atoms with Crippen LogP contribution in [0.4, 0.5) is 11.4 Å². The fourth-order valence-corrected chi connectivity index (χ4v) is 3.86. The van der Waals surface area contributed by atoms with Crippen molar-refractivity contribution in [1.29, 1.82) is 0 Å². The van der Waals surface area contributed by atoms with Gasteiger partial charge in [-0.05, 0) is 59.6 Å². The van der Waals surface area contributed by atoms with Gasteiger partial charge < -0.3 is 15.1 Å². The van der Waals surface area contributed by atoms with Crippen molar-refractivity contribution in [1.82, 2.24) is 0 Å². The highest BCUT2D eigenvalue weighted by Gasteiger charge is 2.29. The number of carbonyl (C=O) groups excluding carboxylic acids is 1. The molecule has 0 aliphatic carbocycles. The third-order valence-corrected chi connectivity index (χ3v) is 5.57. The second-order valence-corrected chi connectivity index (χ2v) is 7.53. The van der Waals surface area contributed by atoms with Crippen LogP contribution in [0, 0.1) is 6.92 Å². The molecule has 4 nitrogen and oxygen atoms in total. The molecule has 0 spiro atoms.